The first-order chi connectivity index (χ1) is 21.2. The molecule has 4 aromatic carbocycles. The summed E-state index contributed by atoms with van der Waals surface area (Å²) in [5.74, 6) is 2.38. The van der Waals surface area contributed by atoms with Crippen molar-refractivity contribution in [2.24, 2.45) is 0 Å². The Kier molecular flexibility index (Phi) is 8.29. The fourth-order valence-electron chi connectivity index (χ4n) is 6.62. The van der Waals surface area contributed by atoms with Gasteiger partial charge in [-0.1, -0.05) is 24.3 Å². The van der Waals surface area contributed by atoms with Crippen molar-refractivity contribution in [2.75, 3.05) is 41.4 Å². The fraction of sp³-hybridized carbons (Fsp3) is 0.333. The summed E-state index contributed by atoms with van der Waals surface area (Å²) in [5, 5.41) is 31.9. The molecule has 0 spiro atoms. The molecule has 44 heavy (non-hydrogen) atoms. The van der Waals surface area contributed by atoms with Crippen molar-refractivity contribution in [3.05, 3.63) is 100 Å². The van der Waals surface area contributed by atoms with Crippen LogP contribution in [0.3, 0.4) is 0 Å². The lowest BCUT2D eigenvalue weighted by molar-refractivity contribution is 0.221. The number of nitrogens with zero attached hydrogens (tertiary/aromatic N) is 2. The zero-order valence-corrected chi connectivity index (χ0v) is 25.7. The normalized spacial score (nSPS) is 18.4. The molecule has 8 nitrogen and oxygen atoms in total. The van der Waals surface area contributed by atoms with Crippen LogP contribution >= 0.6 is 0 Å². The molecule has 0 saturated heterocycles. The second-order valence-electron chi connectivity index (χ2n) is 11.9. The largest absolute Gasteiger partial charge is 0.508 e. The quantitative estimate of drug-likeness (QED) is 0.223. The number of phenols is 3. The van der Waals surface area contributed by atoms with E-state index in [0.717, 1.165) is 60.2 Å². The van der Waals surface area contributed by atoms with Gasteiger partial charge in [-0.15, -0.1) is 0 Å². The third-order valence-electron chi connectivity index (χ3n) is 9.17. The number of aromatic hydroxyl groups is 3. The molecule has 4 aromatic rings. The van der Waals surface area contributed by atoms with Gasteiger partial charge in [0.05, 0.1) is 14.2 Å². The van der Waals surface area contributed by atoms with Gasteiger partial charge in [-0.2, -0.15) is 0 Å². The Morgan fingerprint density at radius 2 is 1.27 bits per heavy atom. The monoisotopic (exact) mass is 596 g/mol. The molecule has 2 heterocycles. The summed E-state index contributed by atoms with van der Waals surface area (Å²) in [7, 11) is 7.35. The molecule has 2 aliphatic heterocycles. The molecule has 2 unspecified atom stereocenters. The van der Waals surface area contributed by atoms with Crippen LogP contribution < -0.4 is 14.2 Å². The summed E-state index contributed by atoms with van der Waals surface area (Å²) in [5.41, 5.74) is 6.42. The van der Waals surface area contributed by atoms with Gasteiger partial charge in [-0.25, -0.2) is 0 Å². The van der Waals surface area contributed by atoms with Crippen LogP contribution in [-0.4, -0.2) is 66.5 Å². The summed E-state index contributed by atoms with van der Waals surface area (Å²) in [6, 6.07) is 21.0. The van der Waals surface area contributed by atoms with E-state index in [2.05, 4.69) is 23.9 Å². The van der Waals surface area contributed by atoms with Crippen molar-refractivity contribution in [1.29, 1.82) is 0 Å². The summed E-state index contributed by atoms with van der Waals surface area (Å²) in [6.07, 6.45) is 3.15. The molecule has 0 aromatic heterocycles. The summed E-state index contributed by atoms with van der Waals surface area (Å²) in [4.78, 5) is 4.57. The highest BCUT2D eigenvalue weighted by molar-refractivity contribution is 5.61. The average molecular weight is 597 g/mol. The zero-order chi connectivity index (χ0) is 31.0. The van der Waals surface area contributed by atoms with Crippen molar-refractivity contribution >= 4 is 0 Å². The standard InChI is InChI=1S/C36H40N2O6/c1-37-15-13-24-19-32(42-3)31(40)21-28(24)29(37)17-23-7-11-27(12-8-23)44-36-33(43-4)20-25-14-16-38(2)30(34(25)35(36)41)18-22-5-9-26(39)10-6-22/h5-12,19-21,29-30,39-41H,13-18H2,1-4H3. The first kappa shape index (κ1) is 29.7. The SMILES string of the molecule is COc1cc2c(cc1O)C(Cc1ccc(Oc3c(OC)cc4c(c3O)C(Cc3ccc(O)cc3)N(C)CC4)cc1)N(C)CC2. The van der Waals surface area contributed by atoms with E-state index < -0.39 is 0 Å². The van der Waals surface area contributed by atoms with Crippen LogP contribution in [0.4, 0.5) is 0 Å². The van der Waals surface area contributed by atoms with E-state index in [0.29, 0.717) is 29.4 Å². The lowest BCUT2D eigenvalue weighted by atomic mass is 9.87. The van der Waals surface area contributed by atoms with Crippen molar-refractivity contribution in [2.45, 2.75) is 37.8 Å². The first-order valence-electron chi connectivity index (χ1n) is 15.0. The maximum Gasteiger partial charge on any atom is 0.211 e. The highest BCUT2D eigenvalue weighted by Gasteiger charge is 2.32. The zero-order valence-electron chi connectivity index (χ0n) is 25.7. The van der Waals surface area contributed by atoms with E-state index in [1.54, 1.807) is 26.4 Å². The van der Waals surface area contributed by atoms with E-state index in [9.17, 15) is 15.3 Å². The predicted molar refractivity (Wildman–Crippen MR) is 169 cm³/mol. The average Bonchev–Trinajstić information content (AvgIpc) is 3.02. The number of fused-ring (bicyclic) bond motifs is 2. The number of hydrogen-bond acceptors (Lipinski definition) is 8. The van der Waals surface area contributed by atoms with Crippen molar-refractivity contribution < 1.29 is 29.5 Å². The molecule has 0 bridgehead atoms. The Morgan fingerprint density at radius 3 is 1.93 bits per heavy atom. The summed E-state index contributed by atoms with van der Waals surface area (Å²) >= 11 is 0. The van der Waals surface area contributed by atoms with Gasteiger partial charge in [0.25, 0.3) is 0 Å². The van der Waals surface area contributed by atoms with Crippen LogP contribution in [-0.2, 0) is 25.7 Å². The molecule has 0 fully saturated rings. The maximum atomic E-state index is 11.7. The number of rotatable bonds is 8. The Bertz CT molecular complexity index is 1640. The molecular formula is C36H40N2O6. The molecule has 0 saturated carbocycles. The number of likely N-dealkylation sites (N-methyl/N-ethyl adjacent to an activating group) is 2. The fourth-order valence-corrected chi connectivity index (χ4v) is 6.62. The lowest BCUT2D eigenvalue weighted by Gasteiger charge is -2.36. The van der Waals surface area contributed by atoms with Crippen LogP contribution in [0.15, 0.2) is 66.7 Å². The Hall–Kier alpha value is -4.40. The van der Waals surface area contributed by atoms with Gasteiger partial charge in [-0.05, 0) is 110 Å². The van der Waals surface area contributed by atoms with Crippen molar-refractivity contribution in [3.8, 4) is 40.2 Å². The van der Waals surface area contributed by atoms with E-state index in [1.165, 1.54) is 5.56 Å². The smallest absolute Gasteiger partial charge is 0.211 e. The number of benzene rings is 4. The highest BCUT2D eigenvalue weighted by Crippen LogP contribution is 2.49. The topological polar surface area (TPSA) is 94.9 Å². The van der Waals surface area contributed by atoms with Crippen LogP contribution in [0, 0.1) is 0 Å². The van der Waals surface area contributed by atoms with Gasteiger partial charge in [0.1, 0.15) is 11.5 Å². The third kappa shape index (κ3) is 5.75. The van der Waals surface area contributed by atoms with Gasteiger partial charge in [0.15, 0.2) is 23.0 Å². The van der Waals surface area contributed by atoms with Gasteiger partial charge >= 0.3 is 0 Å². The van der Waals surface area contributed by atoms with E-state index >= 15 is 0 Å². The number of phenolic OH excluding ortho intramolecular Hbond substituents is 3. The number of hydrogen-bond donors (Lipinski definition) is 3. The Morgan fingerprint density at radius 1 is 0.705 bits per heavy atom. The molecule has 0 amide bonds. The minimum atomic E-state index is -0.0614. The maximum absolute atomic E-state index is 11.7. The molecule has 6 rings (SSSR count). The Balaban J connectivity index is 1.25. The molecule has 0 aliphatic carbocycles. The molecule has 8 heteroatoms. The molecule has 2 aliphatic rings. The number of ether oxygens (including phenoxy) is 3. The van der Waals surface area contributed by atoms with Crippen molar-refractivity contribution in [1.82, 2.24) is 9.80 Å². The lowest BCUT2D eigenvalue weighted by Crippen LogP contribution is -2.33. The minimum absolute atomic E-state index is 0.0614. The molecule has 2 atom stereocenters. The summed E-state index contributed by atoms with van der Waals surface area (Å²) in [6.45, 7) is 1.78. The van der Waals surface area contributed by atoms with E-state index in [1.807, 2.05) is 54.6 Å². The molecule has 0 radical (unpaired) electrons. The highest BCUT2D eigenvalue weighted by atomic mass is 16.5. The molecule has 3 N–H and O–H groups in total. The first-order valence-corrected chi connectivity index (χ1v) is 15.0. The minimum Gasteiger partial charge on any atom is -0.508 e. The van der Waals surface area contributed by atoms with Crippen LogP contribution in [0.25, 0.3) is 0 Å². The molecular weight excluding hydrogens is 556 g/mol. The van der Waals surface area contributed by atoms with Gasteiger partial charge in [-0.3, -0.25) is 9.80 Å². The second-order valence-corrected chi connectivity index (χ2v) is 11.9. The number of methoxy groups -OCH3 is 2. The van der Waals surface area contributed by atoms with E-state index in [-0.39, 0.29) is 29.3 Å². The van der Waals surface area contributed by atoms with Crippen LogP contribution in [0.1, 0.15) is 45.5 Å². The van der Waals surface area contributed by atoms with Gasteiger partial charge in [0, 0.05) is 30.7 Å². The Labute approximate surface area is 258 Å². The third-order valence-corrected chi connectivity index (χ3v) is 9.17. The van der Waals surface area contributed by atoms with Crippen LogP contribution in [0.5, 0.6) is 40.2 Å². The van der Waals surface area contributed by atoms with Gasteiger partial charge < -0.3 is 29.5 Å². The van der Waals surface area contributed by atoms with Crippen molar-refractivity contribution in [3.63, 3.8) is 0 Å². The second kappa shape index (κ2) is 12.3. The predicted octanol–water partition coefficient (Wildman–Crippen LogP) is 6.16. The summed E-state index contributed by atoms with van der Waals surface area (Å²) < 4.78 is 17.4. The van der Waals surface area contributed by atoms with E-state index in [4.69, 9.17) is 14.2 Å². The van der Waals surface area contributed by atoms with Crippen LogP contribution in [0.2, 0.25) is 0 Å². The molecule has 230 valence electrons. The van der Waals surface area contributed by atoms with Gasteiger partial charge in [0.2, 0.25) is 5.75 Å².